The molecule has 0 radical (unpaired) electrons. The monoisotopic (exact) mass is 344 g/mol. The summed E-state index contributed by atoms with van der Waals surface area (Å²) in [7, 11) is 2.16. The molecule has 1 unspecified atom stereocenters. The number of aryl methyl sites for hydroxylation is 1. The Balaban J connectivity index is 1.56. The zero-order valence-electron chi connectivity index (χ0n) is 15.7. The van der Waals surface area contributed by atoms with Gasteiger partial charge in [0.25, 0.3) is 0 Å². The minimum absolute atomic E-state index is 0.286. The van der Waals surface area contributed by atoms with E-state index in [9.17, 15) is 4.79 Å². The molecular weight excluding hydrogens is 312 g/mol. The molecule has 0 spiro atoms. The third kappa shape index (κ3) is 4.46. The summed E-state index contributed by atoms with van der Waals surface area (Å²) in [4.78, 5) is 19.3. The lowest BCUT2D eigenvalue weighted by molar-refractivity contribution is -0.134. The van der Waals surface area contributed by atoms with Crippen molar-refractivity contribution in [3.63, 3.8) is 0 Å². The van der Waals surface area contributed by atoms with Crippen LogP contribution in [0, 0.1) is 0 Å². The molecule has 2 aliphatic rings. The molecule has 5 heteroatoms. The first-order valence-electron chi connectivity index (χ1n) is 9.66. The van der Waals surface area contributed by atoms with Gasteiger partial charge < -0.3 is 20.4 Å². The Kier molecular flexibility index (Phi) is 5.84. The summed E-state index contributed by atoms with van der Waals surface area (Å²) in [6, 6.07) is 6.72. The van der Waals surface area contributed by atoms with Crippen molar-refractivity contribution >= 4 is 17.3 Å². The number of carbonyl (C=O) groups excluding carboxylic acids is 1. The molecule has 25 heavy (non-hydrogen) atoms. The third-order valence-electron chi connectivity index (χ3n) is 5.69. The van der Waals surface area contributed by atoms with Crippen LogP contribution in [-0.2, 0) is 11.2 Å². The average Bonchev–Trinajstić information content (AvgIpc) is 2.61. The zero-order chi connectivity index (χ0) is 17.8. The Morgan fingerprint density at radius 3 is 2.60 bits per heavy atom. The molecule has 3 rings (SSSR count). The fraction of sp³-hybridized carbons (Fsp3) is 0.650. The predicted molar refractivity (Wildman–Crippen MR) is 104 cm³/mol. The van der Waals surface area contributed by atoms with Crippen LogP contribution in [0.4, 0.5) is 11.4 Å². The second-order valence-corrected chi connectivity index (χ2v) is 7.62. The van der Waals surface area contributed by atoms with Crippen LogP contribution >= 0.6 is 0 Å². The van der Waals surface area contributed by atoms with Crippen molar-refractivity contribution in [1.29, 1.82) is 0 Å². The first-order valence-corrected chi connectivity index (χ1v) is 9.66. The van der Waals surface area contributed by atoms with Crippen molar-refractivity contribution in [3.05, 3.63) is 23.8 Å². The summed E-state index contributed by atoms with van der Waals surface area (Å²) in [6.07, 6.45) is 4.88. The third-order valence-corrected chi connectivity index (χ3v) is 5.69. The maximum atomic E-state index is 12.5. The summed E-state index contributed by atoms with van der Waals surface area (Å²) in [5.41, 5.74) is 9.43. The van der Waals surface area contributed by atoms with Crippen LogP contribution in [0.5, 0.6) is 0 Å². The minimum atomic E-state index is 0.286. The van der Waals surface area contributed by atoms with Crippen LogP contribution in [0.1, 0.15) is 38.2 Å². The summed E-state index contributed by atoms with van der Waals surface area (Å²) >= 11 is 0. The van der Waals surface area contributed by atoms with E-state index in [1.54, 1.807) is 0 Å². The highest BCUT2D eigenvalue weighted by atomic mass is 16.2. The van der Waals surface area contributed by atoms with Gasteiger partial charge in [0.1, 0.15) is 0 Å². The summed E-state index contributed by atoms with van der Waals surface area (Å²) in [5, 5.41) is 0. The maximum absolute atomic E-state index is 12.5. The Labute approximate surface area is 151 Å². The van der Waals surface area contributed by atoms with Gasteiger partial charge in [-0.25, -0.2) is 0 Å². The normalized spacial score (nSPS) is 22.2. The van der Waals surface area contributed by atoms with Crippen molar-refractivity contribution < 1.29 is 4.79 Å². The number of hydrogen-bond donors (Lipinski definition) is 1. The van der Waals surface area contributed by atoms with Crippen molar-refractivity contribution in [2.24, 2.45) is 0 Å². The molecule has 1 aromatic rings. The van der Waals surface area contributed by atoms with E-state index in [2.05, 4.69) is 46.9 Å². The number of amides is 1. The van der Waals surface area contributed by atoms with Crippen molar-refractivity contribution in [2.75, 3.05) is 50.4 Å². The molecular formula is C20H32N4O. The highest BCUT2D eigenvalue weighted by molar-refractivity contribution is 5.77. The molecule has 2 fully saturated rings. The van der Waals surface area contributed by atoms with Crippen LogP contribution in [-0.4, -0.2) is 61.5 Å². The number of nitrogen functional groups attached to an aromatic ring is 1. The summed E-state index contributed by atoms with van der Waals surface area (Å²) in [5.74, 6) is 0.286. The van der Waals surface area contributed by atoms with Gasteiger partial charge in [-0.05, 0) is 57.4 Å². The largest absolute Gasteiger partial charge is 0.397 e. The molecule has 0 bridgehead atoms. The molecule has 0 aromatic heterocycles. The van der Waals surface area contributed by atoms with Gasteiger partial charge in [-0.1, -0.05) is 6.07 Å². The van der Waals surface area contributed by atoms with Crippen LogP contribution in [0.2, 0.25) is 0 Å². The van der Waals surface area contributed by atoms with Gasteiger partial charge in [-0.15, -0.1) is 0 Å². The van der Waals surface area contributed by atoms with Crippen LogP contribution < -0.4 is 10.6 Å². The van der Waals surface area contributed by atoms with Gasteiger partial charge in [-0.3, -0.25) is 4.79 Å². The number of nitrogens with zero attached hydrogens (tertiary/aromatic N) is 3. The Morgan fingerprint density at radius 1 is 1.16 bits per heavy atom. The smallest absolute Gasteiger partial charge is 0.223 e. The second-order valence-electron chi connectivity index (χ2n) is 7.62. The number of carbonyl (C=O) groups is 1. The summed E-state index contributed by atoms with van der Waals surface area (Å²) < 4.78 is 0. The molecule has 2 saturated heterocycles. The topological polar surface area (TPSA) is 52.8 Å². The molecule has 5 nitrogen and oxygen atoms in total. The van der Waals surface area contributed by atoms with Gasteiger partial charge in [0, 0.05) is 45.2 Å². The highest BCUT2D eigenvalue weighted by Gasteiger charge is 2.23. The zero-order valence-corrected chi connectivity index (χ0v) is 15.7. The number of nitrogens with two attached hydrogens (primary N) is 1. The summed E-state index contributed by atoms with van der Waals surface area (Å²) in [6.45, 7) is 7.27. The number of likely N-dealkylation sites (N-methyl/N-ethyl adjacent to an activating group) is 1. The lowest BCUT2D eigenvalue weighted by Gasteiger charge is -2.35. The molecule has 2 aliphatic heterocycles. The van der Waals surface area contributed by atoms with Crippen molar-refractivity contribution in [1.82, 2.24) is 9.80 Å². The van der Waals surface area contributed by atoms with Gasteiger partial charge in [0.2, 0.25) is 5.91 Å². The lowest BCUT2D eigenvalue weighted by Crippen LogP contribution is -2.44. The Bertz CT molecular complexity index is 595. The maximum Gasteiger partial charge on any atom is 0.223 e. The fourth-order valence-electron chi connectivity index (χ4n) is 3.96. The number of piperidine rings is 1. The molecule has 2 N–H and O–H groups in total. The van der Waals surface area contributed by atoms with E-state index in [1.807, 2.05) is 0 Å². The molecule has 138 valence electrons. The predicted octanol–water partition coefficient (Wildman–Crippen LogP) is 2.35. The molecule has 0 saturated carbocycles. The van der Waals surface area contributed by atoms with Gasteiger partial charge in [-0.2, -0.15) is 0 Å². The van der Waals surface area contributed by atoms with Crippen molar-refractivity contribution in [3.8, 4) is 0 Å². The van der Waals surface area contributed by atoms with Gasteiger partial charge in [0.15, 0.2) is 0 Å². The van der Waals surface area contributed by atoms with Gasteiger partial charge >= 0.3 is 0 Å². The molecule has 1 amide bonds. The Morgan fingerprint density at radius 2 is 1.92 bits per heavy atom. The second kappa shape index (κ2) is 8.09. The molecule has 1 aromatic carbocycles. The van der Waals surface area contributed by atoms with E-state index < -0.39 is 0 Å². The van der Waals surface area contributed by atoms with Crippen molar-refractivity contribution in [2.45, 2.75) is 45.1 Å². The van der Waals surface area contributed by atoms with E-state index in [4.69, 9.17) is 5.73 Å². The number of anilines is 2. The molecule has 2 heterocycles. The Hall–Kier alpha value is -1.75. The standard InChI is InChI=1S/C20H32N4O/c1-16-5-3-4-10-24(16)20(25)9-7-17-6-8-19(18(21)15-17)23-13-11-22(2)12-14-23/h6,8,15-16H,3-5,7,9-14,21H2,1-2H3. The van der Waals surface area contributed by atoms with E-state index >= 15 is 0 Å². The van der Waals surface area contributed by atoms with Gasteiger partial charge in [0.05, 0.1) is 11.4 Å². The lowest BCUT2D eigenvalue weighted by atomic mass is 10.0. The average molecular weight is 345 g/mol. The SMILES string of the molecule is CC1CCCCN1C(=O)CCc1ccc(N2CCN(C)CC2)c(N)c1. The van der Waals surface area contributed by atoms with E-state index in [0.717, 1.165) is 68.9 Å². The number of hydrogen-bond acceptors (Lipinski definition) is 4. The van der Waals surface area contributed by atoms with E-state index in [0.29, 0.717) is 12.5 Å². The van der Waals surface area contributed by atoms with E-state index in [1.165, 1.54) is 6.42 Å². The highest BCUT2D eigenvalue weighted by Crippen LogP contribution is 2.26. The van der Waals surface area contributed by atoms with Crippen LogP contribution in [0.25, 0.3) is 0 Å². The fourth-order valence-corrected chi connectivity index (χ4v) is 3.96. The first-order chi connectivity index (χ1) is 12.0. The quantitative estimate of drug-likeness (QED) is 0.852. The van der Waals surface area contributed by atoms with Crippen LogP contribution in [0.3, 0.4) is 0 Å². The number of benzene rings is 1. The molecule has 0 aliphatic carbocycles. The number of rotatable bonds is 4. The van der Waals surface area contributed by atoms with E-state index in [-0.39, 0.29) is 5.91 Å². The number of likely N-dealkylation sites (tertiary alicyclic amines) is 1. The minimum Gasteiger partial charge on any atom is -0.397 e. The number of piperazine rings is 1. The van der Waals surface area contributed by atoms with Crippen LogP contribution in [0.15, 0.2) is 18.2 Å². The molecule has 1 atom stereocenters. The first kappa shape index (κ1) is 18.1.